The third kappa shape index (κ3) is 3.94. The second-order valence-corrected chi connectivity index (χ2v) is 6.20. The fraction of sp³-hybridized carbons (Fsp3) is 1.00. The molecule has 2 fully saturated rings. The van der Waals surface area contributed by atoms with Crippen molar-refractivity contribution in [2.75, 3.05) is 52.9 Å². The van der Waals surface area contributed by atoms with Gasteiger partial charge in [-0.2, -0.15) is 0 Å². The van der Waals surface area contributed by atoms with Gasteiger partial charge in [0.05, 0.1) is 0 Å². The van der Waals surface area contributed by atoms with Crippen LogP contribution in [-0.4, -0.2) is 73.6 Å². The van der Waals surface area contributed by atoms with Gasteiger partial charge in [0.1, 0.15) is 0 Å². The summed E-state index contributed by atoms with van der Waals surface area (Å²) in [7, 11) is 2.23. The molecule has 0 aliphatic carbocycles. The Morgan fingerprint density at radius 2 is 1.76 bits per heavy atom. The van der Waals surface area contributed by atoms with Crippen LogP contribution in [0.5, 0.6) is 0 Å². The van der Waals surface area contributed by atoms with Crippen LogP contribution in [0.2, 0.25) is 0 Å². The van der Waals surface area contributed by atoms with Crippen LogP contribution in [-0.2, 0) is 0 Å². The van der Waals surface area contributed by atoms with Gasteiger partial charge in [-0.05, 0) is 46.2 Å². The predicted molar refractivity (Wildman–Crippen MR) is 73.4 cm³/mol. The van der Waals surface area contributed by atoms with E-state index < -0.39 is 0 Å². The molecule has 0 aromatic heterocycles. The third-order valence-electron chi connectivity index (χ3n) is 4.39. The van der Waals surface area contributed by atoms with Crippen molar-refractivity contribution in [2.45, 2.75) is 32.7 Å². The van der Waals surface area contributed by atoms with E-state index in [2.05, 4.69) is 35.6 Å². The average molecular weight is 239 g/mol. The summed E-state index contributed by atoms with van der Waals surface area (Å²) in [6.45, 7) is 13.7. The van der Waals surface area contributed by atoms with Gasteiger partial charge in [0.2, 0.25) is 0 Å². The van der Waals surface area contributed by atoms with E-state index in [4.69, 9.17) is 0 Å². The highest BCUT2D eigenvalue weighted by Gasteiger charge is 2.24. The molecule has 2 heterocycles. The van der Waals surface area contributed by atoms with E-state index in [0.29, 0.717) is 0 Å². The Labute approximate surface area is 107 Å². The number of likely N-dealkylation sites (N-methyl/N-ethyl adjacent to an activating group) is 1. The van der Waals surface area contributed by atoms with Crippen molar-refractivity contribution in [1.82, 2.24) is 14.7 Å². The summed E-state index contributed by atoms with van der Waals surface area (Å²) in [6, 6.07) is 0.727. The van der Waals surface area contributed by atoms with E-state index >= 15 is 0 Å². The van der Waals surface area contributed by atoms with Gasteiger partial charge in [-0.15, -0.1) is 0 Å². The van der Waals surface area contributed by atoms with Crippen LogP contribution in [0.1, 0.15) is 26.7 Å². The lowest BCUT2D eigenvalue weighted by atomic mass is 9.96. The first-order valence-electron chi connectivity index (χ1n) is 7.30. The highest BCUT2D eigenvalue weighted by Crippen LogP contribution is 2.19. The fourth-order valence-electron chi connectivity index (χ4n) is 3.11. The van der Waals surface area contributed by atoms with Crippen molar-refractivity contribution in [3.8, 4) is 0 Å². The van der Waals surface area contributed by atoms with Crippen molar-refractivity contribution in [1.29, 1.82) is 0 Å². The summed E-state index contributed by atoms with van der Waals surface area (Å²) in [5.41, 5.74) is 0. The Kier molecular flexibility index (Phi) is 4.83. The van der Waals surface area contributed by atoms with Crippen molar-refractivity contribution < 1.29 is 0 Å². The standard InChI is InChI=1S/C14H29N3/c1-13(2)17-6-4-5-14(12-17)11-16-9-7-15(3)8-10-16/h13-14H,4-12H2,1-3H3. The third-order valence-corrected chi connectivity index (χ3v) is 4.39. The molecule has 0 N–H and O–H groups in total. The van der Waals surface area contributed by atoms with Crippen molar-refractivity contribution in [2.24, 2.45) is 5.92 Å². The highest BCUT2D eigenvalue weighted by atomic mass is 15.3. The Morgan fingerprint density at radius 1 is 1.06 bits per heavy atom. The molecule has 0 aromatic rings. The molecule has 17 heavy (non-hydrogen) atoms. The summed E-state index contributed by atoms with van der Waals surface area (Å²) in [4.78, 5) is 7.77. The molecule has 0 bridgehead atoms. The normalized spacial score (nSPS) is 30.0. The first kappa shape index (κ1) is 13.3. The molecular weight excluding hydrogens is 210 g/mol. The lowest BCUT2D eigenvalue weighted by molar-refractivity contribution is 0.0869. The van der Waals surface area contributed by atoms with Gasteiger partial charge >= 0.3 is 0 Å². The predicted octanol–water partition coefficient (Wildman–Crippen LogP) is 1.35. The van der Waals surface area contributed by atoms with E-state index in [1.54, 1.807) is 0 Å². The van der Waals surface area contributed by atoms with Crippen LogP contribution >= 0.6 is 0 Å². The van der Waals surface area contributed by atoms with E-state index in [9.17, 15) is 0 Å². The van der Waals surface area contributed by atoms with Gasteiger partial charge in [-0.1, -0.05) is 0 Å². The molecule has 2 rings (SSSR count). The number of likely N-dealkylation sites (tertiary alicyclic amines) is 1. The Morgan fingerprint density at radius 3 is 2.41 bits per heavy atom. The monoisotopic (exact) mass is 239 g/mol. The number of hydrogen-bond acceptors (Lipinski definition) is 3. The Balaban J connectivity index is 1.75. The summed E-state index contributed by atoms with van der Waals surface area (Å²) >= 11 is 0. The van der Waals surface area contributed by atoms with Crippen LogP contribution in [0, 0.1) is 5.92 Å². The molecule has 2 saturated heterocycles. The second-order valence-electron chi connectivity index (χ2n) is 6.20. The van der Waals surface area contributed by atoms with Crippen molar-refractivity contribution in [3.05, 3.63) is 0 Å². The quantitative estimate of drug-likeness (QED) is 0.736. The van der Waals surface area contributed by atoms with Crippen LogP contribution < -0.4 is 0 Å². The fourth-order valence-corrected chi connectivity index (χ4v) is 3.11. The summed E-state index contributed by atoms with van der Waals surface area (Å²) in [5, 5.41) is 0. The molecule has 0 radical (unpaired) electrons. The van der Waals surface area contributed by atoms with Gasteiger partial charge in [-0.3, -0.25) is 0 Å². The molecule has 100 valence electrons. The molecule has 2 aliphatic heterocycles. The molecule has 0 amide bonds. The minimum absolute atomic E-state index is 0.727. The lowest BCUT2D eigenvalue weighted by Gasteiger charge is -2.39. The second kappa shape index (κ2) is 6.17. The molecule has 3 heteroatoms. The zero-order valence-electron chi connectivity index (χ0n) is 11.9. The maximum absolute atomic E-state index is 2.68. The maximum atomic E-state index is 2.68. The highest BCUT2D eigenvalue weighted by molar-refractivity contribution is 4.79. The first-order valence-corrected chi connectivity index (χ1v) is 7.30. The first-order chi connectivity index (χ1) is 8.15. The molecule has 0 spiro atoms. The van der Waals surface area contributed by atoms with Crippen molar-refractivity contribution >= 4 is 0 Å². The van der Waals surface area contributed by atoms with Crippen LogP contribution in [0.4, 0.5) is 0 Å². The zero-order valence-corrected chi connectivity index (χ0v) is 11.9. The topological polar surface area (TPSA) is 9.72 Å². The van der Waals surface area contributed by atoms with Gasteiger partial charge in [0, 0.05) is 45.3 Å². The van der Waals surface area contributed by atoms with Crippen LogP contribution in [0.25, 0.3) is 0 Å². The number of piperazine rings is 1. The minimum atomic E-state index is 0.727. The molecular formula is C14H29N3. The van der Waals surface area contributed by atoms with Gasteiger partial charge in [0.15, 0.2) is 0 Å². The maximum Gasteiger partial charge on any atom is 0.0110 e. The molecule has 2 aliphatic rings. The Bertz CT molecular complexity index is 222. The summed E-state index contributed by atoms with van der Waals surface area (Å²) < 4.78 is 0. The number of rotatable bonds is 3. The van der Waals surface area contributed by atoms with E-state index in [1.807, 2.05) is 0 Å². The number of hydrogen-bond donors (Lipinski definition) is 0. The van der Waals surface area contributed by atoms with Gasteiger partial charge in [0.25, 0.3) is 0 Å². The van der Waals surface area contributed by atoms with Gasteiger partial charge < -0.3 is 14.7 Å². The van der Waals surface area contributed by atoms with Crippen LogP contribution in [0.15, 0.2) is 0 Å². The molecule has 0 saturated carbocycles. The molecule has 1 unspecified atom stereocenters. The number of piperidine rings is 1. The zero-order chi connectivity index (χ0) is 12.3. The van der Waals surface area contributed by atoms with E-state index in [1.165, 1.54) is 58.7 Å². The average Bonchev–Trinajstić information content (AvgIpc) is 2.32. The van der Waals surface area contributed by atoms with Crippen molar-refractivity contribution in [3.63, 3.8) is 0 Å². The van der Waals surface area contributed by atoms with E-state index in [0.717, 1.165) is 12.0 Å². The summed E-state index contributed by atoms with van der Waals surface area (Å²) in [6.07, 6.45) is 2.84. The minimum Gasteiger partial charge on any atom is -0.304 e. The molecule has 0 aromatic carbocycles. The lowest BCUT2D eigenvalue weighted by Crippen LogP contribution is -2.49. The summed E-state index contributed by atoms with van der Waals surface area (Å²) in [5.74, 6) is 0.912. The Hall–Kier alpha value is -0.120. The van der Waals surface area contributed by atoms with E-state index in [-0.39, 0.29) is 0 Å². The van der Waals surface area contributed by atoms with Gasteiger partial charge in [-0.25, -0.2) is 0 Å². The molecule has 3 nitrogen and oxygen atoms in total. The SMILES string of the molecule is CC(C)N1CCCC(CN2CCN(C)CC2)C1. The molecule has 1 atom stereocenters. The van der Waals surface area contributed by atoms with Crippen LogP contribution in [0.3, 0.4) is 0 Å². The number of nitrogens with zero attached hydrogens (tertiary/aromatic N) is 3. The largest absolute Gasteiger partial charge is 0.304 e. The smallest absolute Gasteiger partial charge is 0.0110 e.